The van der Waals surface area contributed by atoms with E-state index in [2.05, 4.69) is 41.7 Å². The summed E-state index contributed by atoms with van der Waals surface area (Å²) in [5.74, 6) is 0. The second-order valence-corrected chi connectivity index (χ2v) is 9.39. The number of ether oxygens (including phenoxy) is 2. The van der Waals surface area contributed by atoms with Crippen molar-refractivity contribution in [2.75, 3.05) is 6.61 Å². The van der Waals surface area contributed by atoms with Crippen molar-refractivity contribution in [1.29, 1.82) is 0 Å². The highest BCUT2D eigenvalue weighted by molar-refractivity contribution is 9.08. The topological polar surface area (TPSA) is 114 Å². The number of aliphatic hydroxyl groups is 2. The average Bonchev–Trinajstić information content (AvgIpc) is 3.09. The minimum Gasteiger partial charge on any atom is -0.394 e. The van der Waals surface area contributed by atoms with Crippen LogP contribution in [0.3, 0.4) is 0 Å². The quantitative estimate of drug-likeness (QED) is 0.507. The van der Waals surface area contributed by atoms with Crippen molar-refractivity contribution in [2.45, 2.75) is 63.7 Å². The molecule has 0 amide bonds. The highest BCUT2D eigenvalue weighted by Gasteiger charge is 2.35. The molecule has 1 saturated heterocycles. The van der Waals surface area contributed by atoms with E-state index in [1.54, 1.807) is 0 Å². The van der Waals surface area contributed by atoms with Crippen molar-refractivity contribution in [1.82, 2.24) is 9.55 Å². The summed E-state index contributed by atoms with van der Waals surface area (Å²) < 4.78 is 13.0. The van der Waals surface area contributed by atoms with Crippen LogP contribution < -0.4 is 11.2 Å². The zero-order valence-electron chi connectivity index (χ0n) is 17.9. The Balaban J connectivity index is 1.88. The number of H-pyrrole nitrogens is 1. The summed E-state index contributed by atoms with van der Waals surface area (Å²) in [7, 11) is 0. The normalized spacial score (nSPS) is 22.6. The molecule has 0 bridgehead atoms. The number of nitrogens with zero attached hydrogens (tertiary/aromatic N) is 1. The molecule has 1 aliphatic heterocycles. The summed E-state index contributed by atoms with van der Waals surface area (Å²) in [5.41, 5.74) is 0.999. The van der Waals surface area contributed by atoms with E-state index in [9.17, 15) is 19.8 Å². The largest absolute Gasteiger partial charge is 0.394 e. The van der Waals surface area contributed by atoms with Crippen molar-refractivity contribution >= 4 is 15.9 Å². The van der Waals surface area contributed by atoms with Crippen molar-refractivity contribution in [3.8, 4) is 0 Å². The fourth-order valence-corrected chi connectivity index (χ4v) is 4.30. The monoisotopic (exact) mass is 496 g/mol. The minimum atomic E-state index is -0.889. The number of aliphatic hydroxyl groups excluding tert-OH is 2. The molecule has 170 valence electrons. The molecule has 0 saturated carbocycles. The maximum Gasteiger partial charge on any atom is 0.330 e. The Morgan fingerprint density at radius 2 is 2.00 bits per heavy atom. The standard InChI is InChI=1S/C22H29BrN2O6/c1-22(2,3)19(15-7-5-4-6-13(15)9-23)30-12-14-10-25(21(29)24-20(14)28)18-8-16(27)17(11-26)31-18/h4-7,10,16-19,26-27H,8-9,11-12H2,1-3H3,(H,24,28,29)/t16-,17+,18+,19?/m0/s1. The van der Waals surface area contributed by atoms with Crippen LogP contribution in [0.15, 0.2) is 40.1 Å². The first kappa shape index (κ1) is 23.9. The Bertz CT molecular complexity index is 1010. The molecule has 31 heavy (non-hydrogen) atoms. The van der Waals surface area contributed by atoms with Crippen LogP contribution in [0.2, 0.25) is 0 Å². The summed E-state index contributed by atoms with van der Waals surface area (Å²) in [5, 5.41) is 19.9. The number of nitrogens with one attached hydrogen (secondary N) is 1. The number of hydrogen-bond acceptors (Lipinski definition) is 6. The Kier molecular flexibility index (Phi) is 7.54. The average molecular weight is 497 g/mol. The summed E-state index contributed by atoms with van der Waals surface area (Å²) in [6, 6.07) is 7.97. The fourth-order valence-electron chi connectivity index (χ4n) is 3.79. The minimum absolute atomic E-state index is 0.00707. The maximum atomic E-state index is 12.4. The van der Waals surface area contributed by atoms with Crippen molar-refractivity contribution in [3.63, 3.8) is 0 Å². The summed E-state index contributed by atoms with van der Waals surface area (Å²) in [6.07, 6.45) is -1.17. The third-order valence-electron chi connectivity index (χ3n) is 5.41. The lowest BCUT2D eigenvalue weighted by Gasteiger charge is -2.32. The summed E-state index contributed by atoms with van der Waals surface area (Å²) in [4.78, 5) is 27.0. The van der Waals surface area contributed by atoms with Gasteiger partial charge >= 0.3 is 5.69 Å². The number of halogens is 1. The fraction of sp³-hybridized carbons (Fsp3) is 0.545. The second-order valence-electron chi connectivity index (χ2n) is 8.83. The van der Waals surface area contributed by atoms with Gasteiger partial charge in [0.15, 0.2) is 0 Å². The molecule has 1 aromatic heterocycles. The van der Waals surface area contributed by atoms with Crippen LogP contribution >= 0.6 is 15.9 Å². The SMILES string of the molecule is CC(C)(C)C(OCc1cn([C@H]2C[C@H](O)[C@@H](CO)O2)c(=O)[nH]c1=O)c1ccccc1CBr. The van der Waals surface area contributed by atoms with Gasteiger partial charge in [0.2, 0.25) is 0 Å². The van der Waals surface area contributed by atoms with Gasteiger partial charge in [0.05, 0.1) is 31.0 Å². The lowest BCUT2D eigenvalue weighted by molar-refractivity contribution is -0.0471. The van der Waals surface area contributed by atoms with E-state index in [1.165, 1.54) is 10.8 Å². The van der Waals surface area contributed by atoms with Crippen LogP contribution in [-0.2, 0) is 21.4 Å². The third kappa shape index (κ3) is 5.35. The molecule has 8 nitrogen and oxygen atoms in total. The number of aromatic nitrogens is 2. The molecule has 9 heteroatoms. The van der Waals surface area contributed by atoms with Crippen LogP contribution in [0.25, 0.3) is 0 Å². The van der Waals surface area contributed by atoms with Crippen molar-refractivity contribution < 1.29 is 19.7 Å². The summed E-state index contributed by atoms with van der Waals surface area (Å²) in [6.45, 7) is 5.84. The highest BCUT2D eigenvalue weighted by Crippen LogP contribution is 2.38. The number of hydrogen-bond donors (Lipinski definition) is 3. The molecule has 3 rings (SSSR count). The van der Waals surface area contributed by atoms with E-state index >= 15 is 0 Å². The van der Waals surface area contributed by atoms with Gasteiger partial charge in [0, 0.05) is 17.9 Å². The van der Waals surface area contributed by atoms with Crippen LogP contribution in [0.4, 0.5) is 0 Å². The molecular formula is C22H29BrN2O6. The first-order valence-electron chi connectivity index (χ1n) is 10.2. The molecule has 0 radical (unpaired) electrons. The highest BCUT2D eigenvalue weighted by atomic mass is 79.9. The number of aromatic amines is 1. The molecule has 0 aliphatic carbocycles. The Morgan fingerprint density at radius 3 is 2.61 bits per heavy atom. The van der Waals surface area contributed by atoms with E-state index in [0.29, 0.717) is 5.33 Å². The molecule has 2 heterocycles. The maximum absolute atomic E-state index is 12.4. The van der Waals surface area contributed by atoms with Crippen LogP contribution in [0.5, 0.6) is 0 Å². The Hall–Kier alpha value is -1.78. The number of rotatable bonds is 7. The van der Waals surface area contributed by atoms with Gasteiger partial charge in [-0.15, -0.1) is 0 Å². The van der Waals surface area contributed by atoms with Crippen molar-refractivity contribution in [2.24, 2.45) is 5.41 Å². The number of benzene rings is 1. The smallest absolute Gasteiger partial charge is 0.330 e. The van der Waals surface area contributed by atoms with Crippen LogP contribution in [0.1, 0.15) is 56.2 Å². The van der Waals surface area contributed by atoms with Crippen molar-refractivity contribution in [3.05, 3.63) is 68.0 Å². The Morgan fingerprint density at radius 1 is 1.29 bits per heavy atom. The first-order chi connectivity index (χ1) is 14.7. The first-order valence-corrected chi connectivity index (χ1v) is 11.3. The van der Waals surface area contributed by atoms with E-state index in [1.807, 2.05) is 24.3 Å². The third-order valence-corrected chi connectivity index (χ3v) is 6.01. The van der Waals surface area contributed by atoms with Gasteiger partial charge in [0.25, 0.3) is 5.56 Å². The molecule has 1 aromatic carbocycles. The zero-order chi connectivity index (χ0) is 22.8. The second kappa shape index (κ2) is 9.79. The predicted octanol–water partition coefficient (Wildman–Crippen LogP) is 2.38. The molecule has 1 fully saturated rings. The molecule has 1 aliphatic rings. The molecule has 2 aromatic rings. The predicted molar refractivity (Wildman–Crippen MR) is 119 cm³/mol. The molecule has 1 unspecified atom stereocenters. The molecule has 4 atom stereocenters. The van der Waals surface area contributed by atoms with Gasteiger partial charge in [-0.1, -0.05) is 61.0 Å². The molecule has 0 spiro atoms. The van der Waals surface area contributed by atoms with Gasteiger partial charge in [-0.25, -0.2) is 4.79 Å². The Labute approximate surface area is 189 Å². The van der Waals surface area contributed by atoms with E-state index in [0.717, 1.165) is 11.1 Å². The van der Waals surface area contributed by atoms with Crippen LogP contribution in [-0.4, -0.2) is 38.6 Å². The van der Waals surface area contributed by atoms with Gasteiger partial charge in [0.1, 0.15) is 12.3 Å². The zero-order valence-corrected chi connectivity index (χ0v) is 19.5. The van der Waals surface area contributed by atoms with E-state index in [4.69, 9.17) is 9.47 Å². The van der Waals surface area contributed by atoms with Crippen LogP contribution in [0, 0.1) is 5.41 Å². The van der Waals surface area contributed by atoms with E-state index < -0.39 is 29.7 Å². The number of alkyl halides is 1. The summed E-state index contributed by atoms with van der Waals surface area (Å²) >= 11 is 3.52. The van der Waals surface area contributed by atoms with E-state index in [-0.39, 0.29) is 36.7 Å². The van der Waals surface area contributed by atoms with Gasteiger partial charge in [-0.2, -0.15) is 0 Å². The molecule has 3 N–H and O–H groups in total. The van der Waals surface area contributed by atoms with Gasteiger partial charge in [-0.3, -0.25) is 14.3 Å². The van der Waals surface area contributed by atoms with Gasteiger partial charge in [-0.05, 0) is 16.5 Å². The van der Waals surface area contributed by atoms with Gasteiger partial charge < -0.3 is 19.7 Å². The lowest BCUT2D eigenvalue weighted by Crippen LogP contribution is -2.35. The lowest BCUT2D eigenvalue weighted by atomic mass is 9.83. The molecular weight excluding hydrogens is 468 g/mol.